The van der Waals surface area contributed by atoms with Crippen molar-refractivity contribution in [3.05, 3.63) is 91.9 Å². The first-order valence-electron chi connectivity index (χ1n) is 11.5. The van der Waals surface area contributed by atoms with Crippen molar-refractivity contribution in [3.63, 3.8) is 0 Å². The zero-order chi connectivity index (χ0) is 27.5. The van der Waals surface area contributed by atoms with Crippen molar-refractivity contribution in [1.29, 1.82) is 0 Å². The number of pyridine rings is 1. The standard InChI is InChI=1S/C26H21ClF3N3O4S/c1-13(34)17-10-32-22(24(36)23(17)35)25(37)31(14(2)26(28,29)30)12-33(32)21-15-7-5-8-19(27)18(15)11-38-20-9-4-3-6-16(20)21/h3-10,14,21,36H,11-12H2,1-2H3/t14-,21+/m1/s1. The number of aromatic hydroxyl groups is 1. The van der Waals surface area contributed by atoms with Gasteiger partial charge in [0.25, 0.3) is 5.91 Å². The Hall–Kier alpha value is -3.44. The molecule has 1 aromatic heterocycles. The monoisotopic (exact) mass is 563 g/mol. The molecular formula is C26H21ClF3N3O4S. The molecule has 0 radical (unpaired) electrons. The number of Topliss-reactive ketones (excluding diaryl/α,β-unsaturated/α-hetero) is 1. The lowest BCUT2D eigenvalue weighted by molar-refractivity contribution is -0.173. The summed E-state index contributed by atoms with van der Waals surface area (Å²) in [5.41, 5.74) is -0.0205. The molecule has 3 aromatic rings. The molecule has 2 atom stereocenters. The summed E-state index contributed by atoms with van der Waals surface area (Å²) in [5, 5.41) is 12.7. The normalized spacial score (nSPS) is 17.8. The van der Waals surface area contributed by atoms with Gasteiger partial charge in [0.2, 0.25) is 5.43 Å². The molecule has 2 aromatic carbocycles. The number of carbonyl (C=O) groups is 2. The highest BCUT2D eigenvalue weighted by Gasteiger charge is 2.48. The first-order chi connectivity index (χ1) is 17.9. The predicted octanol–water partition coefficient (Wildman–Crippen LogP) is 5.11. The number of carbonyl (C=O) groups excluding carboxylic acids is 2. The molecule has 7 nitrogen and oxygen atoms in total. The van der Waals surface area contributed by atoms with Crippen LogP contribution in [0.2, 0.25) is 5.02 Å². The van der Waals surface area contributed by atoms with Crippen LogP contribution in [0.25, 0.3) is 0 Å². The van der Waals surface area contributed by atoms with E-state index in [4.69, 9.17) is 11.6 Å². The number of ketones is 1. The number of amides is 1. The van der Waals surface area contributed by atoms with Crippen LogP contribution in [0, 0.1) is 0 Å². The Balaban J connectivity index is 1.84. The van der Waals surface area contributed by atoms with E-state index in [0.29, 0.717) is 21.2 Å². The third-order valence-corrected chi connectivity index (χ3v) is 8.33. The molecule has 0 fully saturated rings. The van der Waals surface area contributed by atoms with Gasteiger partial charge in [-0.05, 0) is 42.7 Å². The van der Waals surface area contributed by atoms with E-state index in [9.17, 15) is 32.7 Å². The van der Waals surface area contributed by atoms with Gasteiger partial charge in [-0.15, -0.1) is 11.8 Å². The average Bonchev–Trinajstić information content (AvgIpc) is 3.03. The Bertz CT molecular complexity index is 1540. The van der Waals surface area contributed by atoms with Crippen molar-refractivity contribution in [2.24, 2.45) is 0 Å². The summed E-state index contributed by atoms with van der Waals surface area (Å²) < 4.78 is 42.8. The van der Waals surface area contributed by atoms with Crippen molar-refractivity contribution < 1.29 is 27.9 Å². The van der Waals surface area contributed by atoms with E-state index < -0.39 is 59.1 Å². The van der Waals surface area contributed by atoms with Crippen LogP contribution in [0.5, 0.6) is 5.75 Å². The first-order valence-corrected chi connectivity index (χ1v) is 12.9. The minimum absolute atomic E-state index is 0.399. The van der Waals surface area contributed by atoms with E-state index in [-0.39, 0.29) is 0 Å². The molecule has 0 saturated heterocycles. The number of hydrogen-bond acceptors (Lipinski definition) is 6. The smallest absolute Gasteiger partial charge is 0.408 e. The van der Waals surface area contributed by atoms with Crippen molar-refractivity contribution >= 4 is 35.1 Å². The second-order valence-electron chi connectivity index (χ2n) is 9.08. The third kappa shape index (κ3) is 4.14. The number of halogens is 4. The number of nitrogens with zero attached hydrogens (tertiary/aromatic N) is 3. The predicted molar refractivity (Wildman–Crippen MR) is 136 cm³/mol. The van der Waals surface area contributed by atoms with Crippen LogP contribution in [-0.2, 0) is 5.75 Å². The summed E-state index contributed by atoms with van der Waals surface area (Å²) >= 11 is 8.07. The van der Waals surface area contributed by atoms with Crippen LogP contribution in [0.1, 0.15) is 57.4 Å². The average molecular weight is 564 g/mol. The SMILES string of the molecule is CC(=O)c1cn2c(c(O)c1=O)C(=O)N([C@H](C)C(F)(F)F)CN2[C@@H]1c2ccccc2SCc2c(Cl)cccc21. The maximum absolute atomic E-state index is 13.9. The third-order valence-electron chi connectivity index (χ3n) is 6.86. The highest BCUT2D eigenvalue weighted by molar-refractivity contribution is 7.98. The van der Waals surface area contributed by atoms with Crippen LogP contribution >= 0.6 is 23.4 Å². The zero-order valence-corrected chi connectivity index (χ0v) is 21.7. The van der Waals surface area contributed by atoms with Crippen LogP contribution in [0.4, 0.5) is 13.2 Å². The summed E-state index contributed by atoms with van der Waals surface area (Å²) in [6.07, 6.45) is -3.67. The molecule has 3 heterocycles. The van der Waals surface area contributed by atoms with Crippen LogP contribution in [0.15, 0.2) is 58.4 Å². The molecule has 0 unspecified atom stereocenters. The Morgan fingerprint density at radius 1 is 1.13 bits per heavy atom. The Labute approximate surface area is 224 Å². The number of aromatic nitrogens is 1. The van der Waals surface area contributed by atoms with Gasteiger partial charge in [0.1, 0.15) is 12.7 Å². The summed E-state index contributed by atoms with van der Waals surface area (Å²) in [6, 6.07) is 9.55. The Morgan fingerprint density at radius 2 is 1.82 bits per heavy atom. The van der Waals surface area contributed by atoms with Gasteiger partial charge in [0, 0.05) is 21.9 Å². The van der Waals surface area contributed by atoms with Gasteiger partial charge in [-0.1, -0.05) is 41.9 Å². The van der Waals surface area contributed by atoms with Gasteiger partial charge >= 0.3 is 6.18 Å². The molecule has 0 spiro atoms. The number of rotatable bonds is 3. The maximum Gasteiger partial charge on any atom is 0.408 e. The van der Waals surface area contributed by atoms with E-state index in [0.717, 1.165) is 40.7 Å². The highest BCUT2D eigenvalue weighted by Crippen LogP contribution is 2.45. The van der Waals surface area contributed by atoms with E-state index in [1.165, 1.54) is 16.8 Å². The zero-order valence-electron chi connectivity index (χ0n) is 20.1. The molecule has 1 amide bonds. The molecule has 0 saturated carbocycles. The van der Waals surface area contributed by atoms with Crippen LogP contribution in [-0.4, -0.2) is 45.3 Å². The van der Waals surface area contributed by atoms with Gasteiger partial charge in [-0.25, -0.2) is 0 Å². The minimum Gasteiger partial charge on any atom is -0.502 e. The van der Waals surface area contributed by atoms with Crippen LogP contribution < -0.4 is 10.4 Å². The lowest BCUT2D eigenvalue weighted by atomic mass is 9.94. The van der Waals surface area contributed by atoms with Crippen LogP contribution in [0.3, 0.4) is 0 Å². The van der Waals surface area contributed by atoms with Gasteiger partial charge in [0.05, 0.1) is 11.6 Å². The highest BCUT2D eigenvalue weighted by atomic mass is 35.5. The summed E-state index contributed by atoms with van der Waals surface area (Å²) in [6.45, 7) is 1.41. The van der Waals surface area contributed by atoms with Crippen molar-refractivity contribution in [2.75, 3.05) is 11.7 Å². The molecule has 198 valence electrons. The minimum atomic E-state index is -4.78. The molecule has 38 heavy (non-hydrogen) atoms. The van der Waals surface area contributed by atoms with Gasteiger partial charge in [-0.3, -0.25) is 24.1 Å². The lowest BCUT2D eigenvalue weighted by Crippen LogP contribution is -2.60. The maximum atomic E-state index is 13.9. The van der Waals surface area contributed by atoms with E-state index in [1.807, 2.05) is 18.2 Å². The van der Waals surface area contributed by atoms with E-state index in [1.54, 1.807) is 24.3 Å². The van der Waals surface area contributed by atoms with Gasteiger partial charge in [0.15, 0.2) is 17.2 Å². The van der Waals surface area contributed by atoms with Gasteiger partial charge < -0.3 is 10.0 Å². The summed E-state index contributed by atoms with van der Waals surface area (Å²) in [4.78, 5) is 39.8. The topological polar surface area (TPSA) is 82.8 Å². The molecule has 2 aliphatic heterocycles. The molecule has 0 aliphatic carbocycles. The largest absolute Gasteiger partial charge is 0.502 e. The molecule has 2 aliphatic rings. The summed E-state index contributed by atoms with van der Waals surface area (Å²) in [7, 11) is 0. The number of hydrogen-bond donors (Lipinski definition) is 1. The fourth-order valence-corrected chi connectivity index (χ4v) is 6.28. The van der Waals surface area contributed by atoms with Crippen molar-refractivity contribution in [1.82, 2.24) is 9.58 Å². The fraction of sp³-hybridized carbons (Fsp3) is 0.269. The second-order valence-corrected chi connectivity index (χ2v) is 10.5. The number of benzene rings is 2. The Morgan fingerprint density at radius 3 is 2.50 bits per heavy atom. The number of fused-ring (bicyclic) bond motifs is 3. The number of thioether (sulfide) groups is 1. The quantitative estimate of drug-likeness (QED) is 0.446. The van der Waals surface area contributed by atoms with E-state index in [2.05, 4.69) is 0 Å². The van der Waals surface area contributed by atoms with Crippen molar-refractivity contribution in [2.45, 2.75) is 42.8 Å². The molecule has 0 bridgehead atoms. The lowest BCUT2D eigenvalue weighted by Gasteiger charge is -2.46. The fourth-order valence-electron chi connectivity index (χ4n) is 4.81. The molecule has 5 rings (SSSR count). The summed E-state index contributed by atoms with van der Waals surface area (Å²) in [5.74, 6) is -2.45. The Kier molecular flexibility index (Phi) is 6.47. The number of alkyl halides is 3. The van der Waals surface area contributed by atoms with Gasteiger partial charge in [-0.2, -0.15) is 13.2 Å². The first kappa shape index (κ1) is 26.2. The molecule has 1 N–H and O–H groups in total. The van der Waals surface area contributed by atoms with E-state index >= 15 is 0 Å². The molecular weight excluding hydrogens is 543 g/mol. The second kappa shape index (κ2) is 9.39. The van der Waals surface area contributed by atoms with Crippen molar-refractivity contribution in [3.8, 4) is 5.75 Å². The molecule has 12 heteroatoms.